The van der Waals surface area contributed by atoms with Crippen LogP contribution in [0, 0.1) is 0 Å². The number of morpholine rings is 1. The van der Waals surface area contributed by atoms with E-state index in [-0.39, 0.29) is 4.90 Å². The van der Waals surface area contributed by atoms with Crippen molar-refractivity contribution >= 4 is 37.4 Å². The summed E-state index contributed by atoms with van der Waals surface area (Å²) >= 11 is 0. The smallest absolute Gasteiger partial charge is 0.262 e. The van der Waals surface area contributed by atoms with Gasteiger partial charge in [-0.2, -0.15) is 0 Å². The number of benzene rings is 3. The van der Waals surface area contributed by atoms with Crippen molar-refractivity contribution in [3.63, 3.8) is 0 Å². The lowest BCUT2D eigenvalue weighted by Crippen LogP contribution is -2.30. The molecule has 0 saturated carbocycles. The summed E-state index contributed by atoms with van der Waals surface area (Å²) in [5.41, 5.74) is 2.74. The molecule has 6 nitrogen and oxygen atoms in total. The molecule has 0 spiro atoms. The molecular formula is C24H27N3O3S. The fourth-order valence-electron chi connectivity index (χ4n) is 3.69. The highest BCUT2D eigenvalue weighted by Crippen LogP contribution is 2.27. The van der Waals surface area contributed by atoms with Crippen LogP contribution >= 0.6 is 0 Å². The number of fused-ring (bicyclic) bond motifs is 2. The van der Waals surface area contributed by atoms with Gasteiger partial charge in [0.15, 0.2) is 0 Å². The highest BCUT2D eigenvalue weighted by atomic mass is 32.2. The topological polar surface area (TPSA) is 83.2 Å². The quantitative estimate of drug-likeness (QED) is 0.445. The third kappa shape index (κ3) is 4.90. The number of aromatic amines is 1. The monoisotopic (exact) mass is 437 g/mol. The summed E-state index contributed by atoms with van der Waals surface area (Å²) in [4.78, 5) is 3.50. The molecule has 2 heterocycles. The highest BCUT2D eigenvalue weighted by molar-refractivity contribution is 7.93. The van der Waals surface area contributed by atoms with Crippen molar-refractivity contribution in [1.29, 1.82) is 0 Å². The fraction of sp³-hybridized carbons (Fsp3) is 0.250. The average molecular weight is 438 g/mol. The summed E-state index contributed by atoms with van der Waals surface area (Å²) in [5.74, 6) is 0. The van der Waals surface area contributed by atoms with Gasteiger partial charge in [0.1, 0.15) is 0 Å². The number of anilines is 1. The second kappa shape index (κ2) is 9.51. The first-order valence-electron chi connectivity index (χ1n) is 10.5. The van der Waals surface area contributed by atoms with Crippen LogP contribution in [0.1, 0.15) is 12.5 Å². The molecule has 1 aliphatic rings. The van der Waals surface area contributed by atoms with E-state index in [9.17, 15) is 8.42 Å². The van der Waals surface area contributed by atoms with Crippen LogP contribution in [0.15, 0.2) is 71.8 Å². The number of ether oxygens (including phenoxy) is 1. The summed E-state index contributed by atoms with van der Waals surface area (Å²) in [5, 5.41) is 5.82. The molecule has 31 heavy (non-hydrogen) atoms. The molecule has 0 unspecified atom stereocenters. The summed E-state index contributed by atoms with van der Waals surface area (Å²) in [6.07, 6.45) is 2.85. The molecule has 5 rings (SSSR count). The summed E-state index contributed by atoms with van der Waals surface area (Å²) in [6, 6.07) is 18.4. The first-order chi connectivity index (χ1) is 15.1. The van der Waals surface area contributed by atoms with Crippen molar-refractivity contribution in [2.75, 3.05) is 31.0 Å². The van der Waals surface area contributed by atoms with Crippen molar-refractivity contribution in [2.24, 2.45) is 0 Å². The van der Waals surface area contributed by atoms with E-state index in [0.717, 1.165) is 54.4 Å². The zero-order chi connectivity index (χ0) is 21.7. The van der Waals surface area contributed by atoms with Crippen molar-refractivity contribution in [2.45, 2.75) is 18.2 Å². The van der Waals surface area contributed by atoms with Gasteiger partial charge in [0.05, 0.1) is 18.1 Å². The molecule has 4 aromatic rings. The minimum Gasteiger partial charge on any atom is -0.379 e. The molecule has 0 aliphatic carbocycles. The maximum Gasteiger partial charge on any atom is 0.262 e. The first kappa shape index (κ1) is 21.4. The lowest BCUT2D eigenvalue weighted by Gasteiger charge is -2.11. The molecule has 3 aromatic carbocycles. The molecule has 0 bridgehead atoms. The van der Waals surface area contributed by atoms with E-state index in [1.54, 1.807) is 18.2 Å². The van der Waals surface area contributed by atoms with Gasteiger partial charge in [-0.3, -0.25) is 4.72 Å². The van der Waals surface area contributed by atoms with Crippen molar-refractivity contribution in [3.05, 3.63) is 72.4 Å². The number of hydrogen-bond donors (Lipinski definition) is 3. The van der Waals surface area contributed by atoms with E-state index in [1.807, 2.05) is 48.7 Å². The van der Waals surface area contributed by atoms with Crippen LogP contribution in [0.25, 0.3) is 21.7 Å². The van der Waals surface area contributed by atoms with Crippen molar-refractivity contribution in [3.8, 4) is 0 Å². The predicted molar refractivity (Wildman–Crippen MR) is 126 cm³/mol. The summed E-state index contributed by atoms with van der Waals surface area (Å²) in [7, 11) is -3.67. The molecule has 1 aromatic heterocycles. The number of rotatable bonds is 4. The molecule has 0 atom stereocenters. The van der Waals surface area contributed by atoms with Gasteiger partial charge in [0.2, 0.25) is 0 Å². The lowest BCUT2D eigenvalue weighted by molar-refractivity contribution is 0.109. The maximum absolute atomic E-state index is 12.9. The lowest BCUT2D eigenvalue weighted by atomic mass is 10.1. The number of nitrogens with one attached hydrogen (secondary N) is 3. The SMILES string of the molecule is C1COCCN1.CCc1c[nH]c2ccc(NS(=O)(=O)c3cccc4ccccc34)cc12. The van der Waals surface area contributed by atoms with Gasteiger partial charge in [-0.15, -0.1) is 0 Å². The number of hydrogen-bond acceptors (Lipinski definition) is 4. The minimum atomic E-state index is -3.67. The Morgan fingerprint density at radius 3 is 2.45 bits per heavy atom. The Morgan fingerprint density at radius 1 is 0.968 bits per heavy atom. The summed E-state index contributed by atoms with van der Waals surface area (Å²) in [6.45, 7) is 5.91. The maximum atomic E-state index is 12.9. The molecule has 1 fully saturated rings. The van der Waals surface area contributed by atoms with E-state index in [2.05, 4.69) is 21.9 Å². The van der Waals surface area contributed by atoms with Crippen LogP contribution in [0.5, 0.6) is 0 Å². The molecular weight excluding hydrogens is 410 g/mol. The second-order valence-electron chi connectivity index (χ2n) is 7.37. The van der Waals surface area contributed by atoms with Crippen LogP contribution in [-0.4, -0.2) is 39.7 Å². The van der Waals surface area contributed by atoms with Gasteiger partial charge >= 0.3 is 0 Å². The van der Waals surface area contributed by atoms with E-state index >= 15 is 0 Å². The number of aromatic nitrogens is 1. The van der Waals surface area contributed by atoms with Crippen LogP contribution in [-0.2, 0) is 21.2 Å². The Labute approximate surface area is 182 Å². The first-order valence-corrected chi connectivity index (χ1v) is 12.0. The molecule has 0 amide bonds. The van der Waals surface area contributed by atoms with Gasteiger partial charge in [-0.25, -0.2) is 8.42 Å². The Hall–Kier alpha value is -2.87. The number of sulfonamides is 1. The van der Waals surface area contributed by atoms with Gasteiger partial charge in [0, 0.05) is 41.3 Å². The fourth-order valence-corrected chi connectivity index (χ4v) is 4.97. The Morgan fingerprint density at radius 2 is 1.74 bits per heavy atom. The molecule has 7 heteroatoms. The second-order valence-corrected chi connectivity index (χ2v) is 9.02. The van der Waals surface area contributed by atoms with Crippen LogP contribution in [0.2, 0.25) is 0 Å². The Balaban J connectivity index is 0.000000334. The third-order valence-corrected chi connectivity index (χ3v) is 6.73. The van der Waals surface area contributed by atoms with Gasteiger partial charge in [-0.1, -0.05) is 43.3 Å². The molecule has 0 radical (unpaired) electrons. The Kier molecular flexibility index (Phi) is 6.56. The zero-order valence-corrected chi connectivity index (χ0v) is 18.3. The molecule has 1 saturated heterocycles. The predicted octanol–water partition coefficient (Wildman–Crippen LogP) is 4.29. The van der Waals surface area contributed by atoms with E-state index in [1.165, 1.54) is 5.56 Å². The van der Waals surface area contributed by atoms with Crippen molar-refractivity contribution < 1.29 is 13.2 Å². The zero-order valence-electron chi connectivity index (χ0n) is 17.5. The number of aryl methyl sites for hydroxylation is 1. The normalized spacial score (nSPS) is 14.2. The standard InChI is InChI=1S/C20H18N2O2S.C4H9NO/c1-2-14-13-21-19-11-10-16(12-18(14)19)22-25(23,24)20-9-5-7-15-6-3-4-8-17(15)20;1-3-6-4-2-5-1/h3-13,21-22H,2H2,1H3;5H,1-4H2. The van der Waals surface area contributed by atoms with E-state index in [0.29, 0.717) is 5.69 Å². The van der Waals surface area contributed by atoms with Gasteiger partial charge in [0.25, 0.3) is 10.0 Å². The highest BCUT2D eigenvalue weighted by Gasteiger charge is 2.17. The molecule has 3 N–H and O–H groups in total. The van der Waals surface area contributed by atoms with Crippen molar-refractivity contribution in [1.82, 2.24) is 10.3 Å². The van der Waals surface area contributed by atoms with Crippen LogP contribution in [0.3, 0.4) is 0 Å². The minimum absolute atomic E-state index is 0.287. The molecule has 162 valence electrons. The molecule has 1 aliphatic heterocycles. The van der Waals surface area contributed by atoms with Crippen LogP contribution < -0.4 is 10.0 Å². The van der Waals surface area contributed by atoms with Gasteiger partial charge < -0.3 is 15.0 Å². The van der Waals surface area contributed by atoms with E-state index in [4.69, 9.17) is 4.74 Å². The number of H-pyrrole nitrogens is 1. The van der Waals surface area contributed by atoms with Gasteiger partial charge in [-0.05, 0) is 41.6 Å². The van der Waals surface area contributed by atoms with Crippen LogP contribution in [0.4, 0.5) is 5.69 Å². The Bertz CT molecular complexity index is 1260. The largest absolute Gasteiger partial charge is 0.379 e. The summed E-state index contributed by atoms with van der Waals surface area (Å²) < 4.78 is 33.6. The average Bonchev–Trinajstić information content (AvgIpc) is 3.22. The third-order valence-electron chi connectivity index (χ3n) is 5.29. The van der Waals surface area contributed by atoms with E-state index < -0.39 is 10.0 Å².